The smallest absolute Gasteiger partial charge is 0.376 e. The Labute approximate surface area is 423 Å². The molecule has 0 saturated heterocycles. The summed E-state index contributed by atoms with van der Waals surface area (Å²) in [6, 6.07) is 24.7. The van der Waals surface area contributed by atoms with E-state index in [1.165, 1.54) is 71.5 Å². The second kappa shape index (κ2) is 26.8. The van der Waals surface area contributed by atoms with E-state index in [9.17, 15) is 49.5 Å². The molecule has 0 aliphatic rings. The first-order valence-electron chi connectivity index (χ1n) is 19.3. The number of Topliss-reactive ketones (excluding diaryl/α,β-unsaturated/α-hetero) is 1. The minimum absolute atomic E-state index is 0. The first-order valence-corrected chi connectivity index (χ1v) is 22.6. The maximum absolute atomic E-state index is 12.5. The molecule has 24 heteroatoms. The van der Waals surface area contributed by atoms with Crippen LogP contribution in [0.4, 0.5) is 66.8 Å². The number of nitrogens with one attached hydrogen (secondary N) is 3. The number of halogens is 10. The summed E-state index contributed by atoms with van der Waals surface area (Å²) < 4.78 is 112. The Bertz CT molecular complexity index is 2870. The Kier molecular flexibility index (Phi) is 22.0. The Morgan fingerprint density at radius 1 is 0.634 bits per heavy atom. The van der Waals surface area contributed by atoms with E-state index in [1.54, 1.807) is 54.4 Å². The highest BCUT2D eigenvalue weighted by Gasteiger charge is 2.31. The number of aromatic nitrogens is 5. The maximum atomic E-state index is 12.5. The number of ketones is 1. The molecule has 0 atom stereocenters. The summed E-state index contributed by atoms with van der Waals surface area (Å²) in [5.41, 5.74) is 8.28. The zero-order valence-corrected chi connectivity index (χ0v) is 38.9. The summed E-state index contributed by atoms with van der Waals surface area (Å²) in [7, 11) is 0. The van der Waals surface area contributed by atoms with Gasteiger partial charge in [-0.3, -0.25) is 20.0 Å². The second-order valence-electron chi connectivity index (χ2n) is 13.6. The van der Waals surface area contributed by atoms with Gasteiger partial charge in [0, 0.05) is 74.5 Å². The fourth-order valence-corrected chi connectivity index (χ4v) is 7.20. The number of benzene rings is 3. The van der Waals surface area contributed by atoms with E-state index in [0.717, 1.165) is 57.9 Å². The average Bonchev–Trinajstić information content (AvgIpc) is 4.00. The topological polar surface area (TPSA) is 155 Å². The van der Waals surface area contributed by atoms with E-state index in [1.807, 2.05) is 17.5 Å². The van der Waals surface area contributed by atoms with Gasteiger partial charge in [0.05, 0.1) is 39.0 Å². The highest BCUT2D eigenvalue weighted by Crippen LogP contribution is 2.34. The standard InChI is InChI=1S/C15H11F3N3OS.C15H10F3N3S.C8H7F3N2S.C7H6BrNO.2CH4/c16-15(17,18)11-3-5-12(6-4-11)19-14-20-13(9-23-14)10-2-1-7-21(22)8-10;16-15(17,18)11-3-5-12(6-4-11)20-14-21-13(9-22-14)10-2-1-7-19-8-10;9-8(10,11)5-1-3-6(4-2-5)13-7(12)14;8-4-7(10)6-2-1-3-9-5-6;;/h1-9,22H,(H,19,20);1-9H,(H,20,21);1-4H,(H3,12,13,14);1-3,5H,4H2;2*1H4/q+1;;;;;. The van der Waals surface area contributed by atoms with Crippen molar-refractivity contribution >= 4 is 89.0 Å². The molecule has 0 fully saturated rings. The monoisotopic (exact) mass is 1110 g/mol. The highest BCUT2D eigenvalue weighted by molar-refractivity contribution is 9.09. The number of carbonyl (C=O) groups excluding carboxylic acids is 1. The van der Waals surface area contributed by atoms with Gasteiger partial charge < -0.3 is 21.7 Å². The SMILES string of the molecule is C.C.FC(F)(F)c1ccc(Nc2nc(-c3cccnc3)cs2)cc1.NC(=S)Nc1ccc(C(F)(F)F)cc1.O=C(CBr)c1cccnc1.O[n+]1cccc(-c2csc(Nc3ccc(C(F)(F)F)cc3)n2)c1. The van der Waals surface area contributed by atoms with Crippen LogP contribution < -0.4 is 26.4 Å². The van der Waals surface area contributed by atoms with Crippen LogP contribution in [0.15, 0.2) is 157 Å². The van der Waals surface area contributed by atoms with Crippen LogP contribution in [-0.2, 0) is 18.5 Å². The highest BCUT2D eigenvalue weighted by atomic mass is 79.9. The molecule has 5 heterocycles. The van der Waals surface area contributed by atoms with E-state index in [-0.39, 0.29) is 25.7 Å². The van der Waals surface area contributed by atoms with Crippen molar-refractivity contribution in [1.29, 1.82) is 0 Å². The maximum Gasteiger partial charge on any atom is 0.416 e. The first-order chi connectivity index (χ1) is 32.7. The zero-order valence-electron chi connectivity index (χ0n) is 34.9. The fourth-order valence-electron chi connectivity index (χ4n) is 5.28. The molecule has 0 unspecified atom stereocenters. The van der Waals surface area contributed by atoms with Crippen LogP contribution in [0.5, 0.6) is 0 Å². The van der Waals surface area contributed by atoms with Crippen molar-refractivity contribution in [2.24, 2.45) is 5.73 Å². The molecule has 0 amide bonds. The average molecular weight is 1110 g/mol. The molecule has 374 valence electrons. The summed E-state index contributed by atoms with van der Waals surface area (Å²) >= 11 is 10.3. The number of nitrogens with zero attached hydrogens (tertiary/aromatic N) is 5. The lowest BCUT2D eigenvalue weighted by molar-refractivity contribution is -0.904. The number of thiocarbonyl (C=S) groups is 1. The van der Waals surface area contributed by atoms with Crippen LogP contribution in [0.3, 0.4) is 0 Å². The Morgan fingerprint density at radius 3 is 1.44 bits per heavy atom. The Hall–Kier alpha value is -7.02. The van der Waals surface area contributed by atoms with Crippen molar-refractivity contribution in [2.75, 3.05) is 21.3 Å². The molecule has 0 bridgehead atoms. The summed E-state index contributed by atoms with van der Waals surface area (Å²) in [4.78, 5) is 27.5. The number of hydrogen-bond acceptors (Lipinski definition) is 11. The van der Waals surface area contributed by atoms with Gasteiger partial charge in [-0.2, -0.15) is 39.5 Å². The minimum Gasteiger partial charge on any atom is -0.376 e. The van der Waals surface area contributed by atoms with Crippen LogP contribution >= 0.6 is 50.8 Å². The third-order valence-corrected chi connectivity index (χ3v) is 10.7. The van der Waals surface area contributed by atoms with Gasteiger partial charge in [-0.15, -0.1) is 22.7 Å². The van der Waals surface area contributed by atoms with E-state index in [0.29, 0.717) is 43.9 Å². The number of anilines is 5. The largest absolute Gasteiger partial charge is 0.416 e. The third kappa shape index (κ3) is 19.0. The Balaban J connectivity index is 0.000000259. The van der Waals surface area contributed by atoms with Crippen LogP contribution in [0.2, 0.25) is 0 Å². The molecule has 0 aliphatic heterocycles. The number of alkyl halides is 10. The molecule has 71 heavy (non-hydrogen) atoms. The van der Waals surface area contributed by atoms with Crippen molar-refractivity contribution in [3.63, 3.8) is 0 Å². The normalized spacial score (nSPS) is 10.7. The number of rotatable bonds is 9. The fraction of sp³-hybridized carbons (Fsp3) is 0.128. The number of pyridine rings is 3. The van der Waals surface area contributed by atoms with E-state index in [4.69, 9.17) is 5.73 Å². The number of hydrogen-bond donors (Lipinski definition) is 5. The van der Waals surface area contributed by atoms with Crippen molar-refractivity contribution < 1.29 is 54.2 Å². The molecule has 0 spiro atoms. The lowest BCUT2D eigenvalue weighted by atomic mass is 10.2. The summed E-state index contributed by atoms with van der Waals surface area (Å²) in [6.07, 6.45) is -3.41. The molecule has 3 aromatic carbocycles. The Morgan fingerprint density at radius 2 is 1.06 bits per heavy atom. The predicted molar refractivity (Wildman–Crippen MR) is 267 cm³/mol. The van der Waals surface area contributed by atoms with Gasteiger partial charge in [0.25, 0.3) is 0 Å². The molecule has 8 aromatic rings. The number of nitrogens with two attached hydrogens (primary N) is 1. The lowest BCUT2D eigenvalue weighted by Gasteiger charge is -2.08. The van der Waals surface area contributed by atoms with Gasteiger partial charge in [0.1, 0.15) is 0 Å². The van der Waals surface area contributed by atoms with Gasteiger partial charge in [-0.1, -0.05) is 30.8 Å². The van der Waals surface area contributed by atoms with Crippen molar-refractivity contribution in [1.82, 2.24) is 19.9 Å². The second-order valence-corrected chi connectivity index (χ2v) is 16.3. The van der Waals surface area contributed by atoms with Gasteiger partial charge in [-0.25, -0.2) is 9.97 Å². The molecular weight excluding hydrogens is 1070 g/mol. The molecule has 8 rings (SSSR count). The van der Waals surface area contributed by atoms with Gasteiger partial charge in [0.2, 0.25) is 12.4 Å². The molecule has 11 nitrogen and oxygen atoms in total. The van der Waals surface area contributed by atoms with Crippen molar-refractivity contribution in [3.05, 3.63) is 179 Å². The van der Waals surface area contributed by atoms with Crippen LogP contribution in [0.25, 0.3) is 22.5 Å². The lowest BCUT2D eigenvalue weighted by Crippen LogP contribution is -2.28. The van der Waals surface area contributed by atoms with Crippen LogP contribution in [-0.4, -0.2) is 41.4 Å². The van der Waals surface area contributed by atoms with Gasteiger partial charge in [0.15, 0.2) is 21.2 Å². The predicted octanol–water partition coefficient (Wildman–Crippen LogP) is 14.4. The molecule has 0 aliphatic carbocycles. The van der Waals surface area contributed by atoms with E-state index in [2.05, 4.69) is 64.0 Å². The molecule has 0 radical (unpaired) electrons. The molecule has 0 saturated carbocycles. The van der Waals surface area contributed by atoms with E-state index < -0.39 is 35.2 Å². The van der Waals surface area contributed by atoms with Crippen molar-refractivity contribution in [3.8, 4) is 22.5 Å². The van der Waals surface area contributed by atoms with Crippen LogP contribution in [0.1, 0.15) is 41.9 Å². The molecule has 5 aromatic heterocycles. The quantitative estimate of drug-likeness (QED) is 0.0234. The first kappa shape index (κ1) is 58.3. The zero-order chi connectivity index (χ0) is 50.2. The molecular formula is C47H42BrF9N9O2S3+. The number of carbonyl (C=O) groups is 1. The summed E-state index contributed by atoms with van der Waals surface area (Å²) in [6.45, 7) is 0. The van der Waals surface area contributed by atoms with Gasteiger partial charge >= 0.3 is 18.5 Å². The van der Waals surface area contributed by atoms with Crippen LogP contribution in [0, 0.1) is 0 Å². The third-order valence-electron chi connectivity index (χ3n) is 8.56. The summed E-state index contributed by atoms with van der Waals surface area (Å²) in [5, 5.41) is 23.1. The molecule has 6 N–H and O–H groups in total. The number of thiazole rings is 2. The van der Waals surface area contributed by atoms with Crippen molar-refractivity contribution in [2.45, 2.75) is 33.4 Å². The van der Waals surface area contributed by atoms with E-state index >= 15 is 0 Å². The minimum atomic E-state index is -4.35. The van der Waals surface area contributed by atoms with Gasteiger partial charge in [-0.05, 0) is 115 Å². The summed E-state index contributed by atoms with van der Waals surface area (Å²) in [5.74, 6) is 0.0631.